The van der Waals surface area contributed by atoms with Crippen molar-refractivity contribution in [3.8, 4) is 11.3 Å². The molecule has 0 bridgehead atoms. The summed E-state index contributed by atoms with van der Waals surface area (Å²) in [7, 11) is 1.42. The van der Waals surface area contributed by atoms with Gasteiger partial charge in [0.2, 0.25) is 5.95 Å². The second-order valence-corrected chi connectivity index (χ2v) is 7.13. The standard InChI is InChI=1S/C18H22FN3O3S/c1-11(2)16-15(10-25-12(3)4)17(13-6-8-14(19)9-7-13)21-18(20-16)22(5)26(23)24/h6-9,11H,3,10H2,1-2,4-5H3,(H,23,24). The first-order chi connectivity index (χ1) is 12.2. The number of rotatable bonds is 7. The van der Waals surface area contributed by atoms with E-state index in [0.717, 1.165) is 9.87 Å². The summed E-state index contributed by atoms with van der Waals surface area (Å²) < 4.78 is 40.8. The van der Waals surface area contributed by atoms with Gasteiger partial charge < -0.3 is 4.74 Å². The van der Waals surface area contributed by atoms with Gasteiger partial charge in [-0.05, 0) is 37.1 Å². The van der Waals surface area contributed by atoms with Crippen molar-refractivity contribution in [2.24, 2.45) is 0 Å². The van der Waals surface area contributed by atoms with Gasteiger partial charge in [-0.1, -0.05) is 20.4 Å². The largest absolute Gasteiger partial charge is 0.494 e. The van der Waals surface area contributed by atoms with Crippen LogP contribution in [0, 0.1) is 5.82 Å². The molecule has 2 rings (SSSR count). The first kappa shape index (κ1) is 20.0. The molecule has 0 saturated heterocycles. The lowest BCUT2D eigenvalue weighted by molar-refractivity contribution is 0.201. The first-order valence-corrected chi connectivity index (χ1v) is 9.06. The molecule has 0 saturated carbocycles. The fourth-order valence-electron chi connectivity index (χ4n) is 2.36. The molecule has 0 aliphatic heterocycles. The van der Waals surface area contributed by atoms with Gasteiger partial charge >= 0.3 is 0 Å². The Hall–Kier alpha value is -2.32. The van der Waals surface area contributed by atoms with E-state index >= 15 is 0 Å². The lowest BCUT2D eigenvalue weighted by atomic mass is 9.99. The highest BCUT2D eigenvalue weighted by atomic mass is 32.2. The normalized spacial score (nSPS) is 12.1. The molecule has 1 N–H and O–H groups in total. The summed E-state index contributed by atoms with van der Waals surface area (Å²) in [4.78, 5) is 8.90. The predicted molar refractivity (Wildman–Crippen MR) is 100 cm³/mol. The highest BCUT2D eigenvalue weighted by Crippen LogP contribution is 2.31. The van der Waals surface area contributed by atoms with Crippen molar-refractivity contribution in [2.75, 3.05) is 11.4 Å². The fraction of sp³-hybridized carbons (Fsp3) is 0.333. The van der Waals surface area contributed by atoms with Crippen LogP contribution in [-0.4, -0.2) is 25.8 Å². The van der Waals surface area contributed by atoms with E-state index < -0.39 is 11.3 Å². The summed E-state index contributed by atoms with van der Waals surface area (Å²) in [6.07, 6.45) is 0. The highest BCUT2D eigenvalue weighted by Gasteiger charge is 2.21. The second kappa shape index (κ2) is 8.37. The van der Waals surface area contributed by atoms with Gasteiger partial charge in [0.15, 0.2) is 0 Å². The smallest absolute Gasteiger partial charge is 0.264 e. The van der Waals surface area contributed by atoms with Crippen molar-refractivity contribution in [1.29, 1.82) is 0 Å². The minimum atomic E-state index is -2.27. The van der Waals surface area contributed by atoms with Gasteiger partial charge in [-0.25, -0.2) is 22.9 Å². The number of ether oxygens (including phenoxy) is 1. The molecule has 140 valence electrons. The zero-order chi connectivity index (χ0) is 19.4. The number of anilines is 1. The highest BCUT2D eigenvalue weighted by molar-refractivity contribution is 7.80. The third kappa shape index (κ3) is 4.64. The molecule has 8 heteroatoms. The minimum absolute atomic E-state index is 0.0141. The number of halogens is 1. The predicted octanol–water partition coefficient (Wildman–Crippen LogP) is 4.03. The van der Waals surface area contributed by atoms with Crippen LogP contribution in [0.4, 0.5) is 10.3 Å². The molecule has 0 aliphatic rings. The van der Waals surface area contributed by atoms with Crippen molar-refractivity contribution in [3.05, 3.63) is 53.7 Å². The molecule has 1 aromatic carbocycles. The monoisotopic (exact) mass is 379 g/mol. The molecule has 2 aromatic rings. The number of allylic oxidation sites excluding steroid dienone is 1. The average molecular weight is 379 g/mol. The molecule has 0 spiro atoms. The van der Waals surface area contributed by atoms with E-state index in [1.165, 1.54) is 19.2 Å². The quantitative estimate of drug-likeness (QED) is 0.581. The molecule has 0 fully saturated rings. The van der Waals surface area contributed by atoms with E-state index in [0.29, 0.717) is 22.7 Å². The van der Waals surface area contributed by atoms with Crippen LogP contribution in [0.2, 0.25) is 0 Å². The molecule has 6 nitrogen and oxygen atoms in total. The van der Waals surface area contributed by atoms with Crippen molar-refractivity contribution < 1.29 is 17.9 Å². The van der Waals surface area contributed by atoms with Crippen molar-refractivity contribution in [1.82, 2.24) is 9.97 Å². The topological polar surface area (TPSA) is 75.5 Å². The maximum absolute atomic E-state index is 13.3. The Balaban J connectivity index is 2.70. The SMILES string of the molecule is C=C(C)OCc1c(-c2ccc(F)cc2)nc(N(C)S(=O)O)nc1C(C)C. The average Bonchev–Trinajstić information content (AvgIpc) is 2.59. The molecular formula is C18H22FN3O3S. The Bertz CT molecular complexity index is 825. The first-order valence-electron chi connectivity index (χ1n) is 8.00. The third-order valence-electron chi connectivity index (χ3n) is 3.67. The van der Waals surface area contributed by atoms with Gasteiger partial charge in [-0.2, -0.15) is 0 Å². The number of nitrogens with zero attached hydrogens (tertiary/aromatic N) is 3. The maximum atomic E-state index is 13.3. The fourth-order valence-corrected chi connectivity index (χ4v) is 2.58. The van der Waals surface area contributed by atoms with E-state index in [4.69, 9.17) is 4.74 Å². The summed E-state index contributed by atoms with van der Waals surface area (Å²) in [5.74, 6) is 0.302. The summed E-state index contributed by atoms with van der Waals surface area (Å²) in [6.45, 7) is 9.59. The van der Waals surface area contributed by atoms with Crippen LogP contribution in [-0.2, 0) is 22.6 Å². The number of hydrogen-bond donors (Lipinski definition) is 1. The van der Waals surface area contributed by atoms with Gasteiger partial charge in [0.25, 0.3) is 11.3 Å². The maximum Gasteiger partial charge on any atom is 0.264 e. The molecule has 1 heterocycles. The molecule has 26 heavy (non-hydrogen) atoms. The van der Waals surface area contributed by atoms with Gasteiger partial charge in [0.1, 0.15) is 12.4 Å². The molecule has 0 radical (unpaired) electrons. The van der Waals surface area contributed by atoms with Gasteiger partial charge in [0.05, 0.1) is 17.1 Å². The summed E-state index contributed by atoms with van der Waals surface area (Å²) >= 11 is -2.27. The molecule has 1 atom stereocenters. The van der Waals surface area contributed by atoms with Crippen LogP contribution in [0.25, 0.3) is 11.3 Å². The lowest BCUT2D eigenvalue weighted by Crippen LogP contribution is -2.23. The summed E-state index contributed by atoms with van der Waals surface area (Å²) in [6, 6.07) is 5.88. The molecule has 0 amide bonds. The zero-order valence-electron chi connectivity index (χ0n) is 15.2. The zero-order valence-corrected chi connectivity index (χ0v) is 16.0. The van der Waals surface area contributed by atoms with Gasteiger partial charge in [-0.15, -0.1) is 0 Å². The van der Waals surface area contributed by atoms with Crippen molar-refractivity contribution >= 4 is 17.2 Å². The second-order valence-electron chi connectivity index (χ2n) is 6.12. The Morgan fingerprint density at radius 3 is 2.46 bits per heavy atom. The number of aromatic nitrogens is 2. The number of benzene rings is 1. The van der Waals surface area contributed by atoms with Crippen LogP contribution in [0.5, 0.6) is 0 Å². The lowest BCUT2D eigenvalue weighted by Gasteiger charge is -2.20. The molecule has 1 aromatic heterocycles. The number of hydrogen-bond acceptors (Lipinski definition) is 4. The molecule has 1 unspecified atom stereocenters. The van der Waals surface area contributed by atoms with Gasteiger partial charge in [0, 0.05) is 18.2 Å². The van der Waals surface area contributed by atoms with E-state index in [1.54, 1.807) is 19.1 Å². The Morgan fingerprint density at radius 1 is 1.35 bits per heavy atom. The molecular weight excluding hydrogens is 357 g/mol. The minimum Gasteiger partial charge on any atom is -0.494 e. The Kier molecular flexibility index (Phi) is 6.44. The van der Waals surface area contributed by atoms with E-state index in [9.17, 15) is 13.2 Å². The summed E-state index contributed by atoms with van der Waals surface area (Å²) in [5, 5.41) is 0. The van der Waals surface area contributed by atoms with E-state index in [2.05, 4.69) is 16.5 Å². The van der Waals surface area contributed by atoms with Crippen LogP contribution in [0.15, 0.2) is 36.6 Å². The van der Waals surface area contributed by atoms with Crippen LogP contribution in [0.1, 0.15) is 37.9 Å². The van der Waals surface area contributed by atoms with E-state index in [1.807, 2.05) is 13.8 Å². The van der Waals surface area contributed by atoms with Gasteiger partial charge in [-0.3, -0.25) is 4.55 Å². The van der Waals surface area contributed by atoms with Crippen LogP contribution >= 0.6 is 0 Å². The third-order valence-corrected chi connectivity index (χ3v) is 4.30. The Labute approximate surface area is 155 Å². The summed E-state index contributed by atoms with van der Waals surface area (Å²) in [5.41, 5.74) is 2.61. The van der Waals surface area contributed by atoms with E-state index in [-0.39, 0.29) is 24.3 Å². The van der Waals surface area contributed by atoms with Crippen LogP contribution < -0.4 is 4.31 Å². The van der Waals surface area contributed by atoms with Crippen molar-refractivity contribution in [3.63, 3.8) is 0 Å². The van der Waals surface area contributed by atoms with Crippen LogP contribution in [0.3, 0.4) is 0 Å². The van der Waals surface area contributed by atoms with Crippen molar-refractivity contribution in [2.45, 2.75) is 33.3 Å². The Morgan fingerprint density at radius 2 is 1.96 bits per heavy atom. The molecule has 0 aliphatic carbocycles.